The summed E-state index contributed by atoms with van der Waals surface area (Å²) in [4.78, 5) is 7.77. The Kier molecular flexibility index (Phi) is 3.84. The van der Waals surface area contributed by atoms with Gasteiger partial charge in [-0.25, -0.2) is 4.98 Å². The third kappa shape index (κ3) is 2.75. The second-order valence-corrected chi connectivity index (χ2v) is 4.68. The van der Waals surface area contributed by atoms with Crippen LogP contribution in [0.25, 0.3) is 0 Å². The van der Waals surface area contributed by atoms with Crippen molar-refractivity contribution >= 4 is 29.0 Å². The Hall–Kier alpha value is -0.580. The van der Waals surface area contributed by atoms with Gasteiger partial charge in [0.15, 0.2) is 0 Å². The van der Waals surface area contributed by atoms with Crippen LogP contribution in [0.3, 0.4) is 0 Å². The molecule has 0 amide bonds. The molecule has 2 unspecified atom stereocenters. The number of rotatable bonds is 2. The zero-order valence-electron chi connectivity index (χ0n) is 8.66. The highest BCUT2D eigenvalue weighted by molar-refractivity contribution is 6.33. The van der Waals surface area contributed by atoms with Gasteiger partial charge < -0.3 is 10.4 Å². The average Bonchev–Trinajstić information content (AvgIpc) is 2.27. The Labute approximate surface area is 104 Å². The SMILES string of the molecule is OC1CCCCC1Nc1nc(Cl)ncc1Cl. The van der Waals surface area contributed by atoms with Gasteiger partial charge in [0, 0.05) is 0 Å². The number of nitrogens with zero attached hydrogens (tertiary/aromatic N) is 2. The van der Waals surface area contributed by atoms with E-state index in [-0.39, 0.29) is 17.4 Å². The number of aliphatic hydroxyl groups excluding tert-OH is 1. The standard InChI is InChI=1S/C10H13Cl2N3O/c11-6-5-13-10(12)15-9(6)14-7-3-1-2-4-8(7)16/h5,7-8,16H,1-4H2,(H,13,14,15). The fraction of sp³-hybridized carbons (Fsp3) is 0.600. The van der Waals surface area contributed by atoms with Gasteiger partial charge in [-0.3, -0.25) is 0 Å². The van der Waals surface area contributed by atoms with Crippen LogP contribution in [0.2, 0.25) is 10.3 Å². The predicted molar refractivity (Wildman–Crippen MR) is 63.9 cm³/mol. The lowest BCUT2D eigenvalue weighted by atomic mass is 9.93. The molecule has 16 heavy (non-hydrogen) atoms. The minimum absolute atomic E-state index is 0.00258. The Morgan fingerprint density at radius 2 is 2.06 bits per heavy atom. The molecule has 1 saturated carbocycles. The highest BCUT2D eigenvalue weighted by Crippen LogP contribution is 2.25. The first-order chi connectivity index (χ1) is 7.66. The van der Waals surface area contributed by atoms with Crippen LogP contribution in [0.4, 0.5) is 5.82 Å². The van der Waals surface area contributed by atoms with Gasteiger partial charge in [-0.05, 0) is 24.4 Å². The minimum Gasteiger partial charge on any atom is -0.391 e. The van der Waals surface area contributed by atoms with Gasteiger partial charge in [0.2, 0.25) is 5.28 Å². The Bertz CT molecular complexity index is 375. The molecule has 0 radical (unpaired) electrons. The van der Waals surface area contributed by atoms with Gasteiger partial charge in [-0.2, -0.15) is 4.98 Å². The maximum absolute atomic E-state index is 9.81. The molecule has 1 aromatic rings. The number of anilines is 1. The zero-order valence-corrected chi connectivity index (χ0v) is 10.2. The van der Waals surface area contributed by atoms with Crippen molar-refractivity contribution in [3.05, 3.63) is 16.5 Å². The molecule has 2 rings (SSSR count). The van der Waals surface area contributed by atoms with Crippen molar-refractivity contribution in [2.24, 2.45) is 0 Å². The molecule has 0 aromatic carbocycles. The number of aromatic nitrogens is 2. The second-order valence-electron chi connectivity index (χ2n) is 3.94. The third-order valence-corrected chi connectivity index (χ3v) is 3.23. The predicted octanol–water partition coefficient (Wildman–Crippen LogP) is 2.50. The quantitative estimate of drug-likeness (QED) is 0.804. The molecule has 6 heteroatoms. The van der Waals surface area contributed by atoms with Crippen LogP contribution in [-0.4, -0.2) is 27.2 Å². The van der Waals surface area contributed by atoms with Gasteiger partial charge in [0.25, 0.3) is 0 Å². The molecular weight excluding hydrogens is 249 g/mol. The third-order valence-electron chi connectivity index (χ3n) is 2.77. The number of aliphatic hydroxyl groups is 1. The lowest BCUT2D eigenvalue weighted by molar-refractivity contribution is 0.116. The van der Waals surface area contributed by atoms with E-state index in [1.165, 1.54) is 6.20 Å². The molecular formula is C10H13Cl2N3O. The van der Waals surface area contributed by atoms with Crippen molar-refractivity contribution in [1.82, 2.24) is 9.97 Å². The molecule has 4 nitrogen and oxygen atoms in total. The van der Waals surface area contributed by atoms with Crippen molar-refractivity contribution in [2.75, 3.05) is 5.32 Å². The van der Waals surface area contributed by atoms with Crippen LogP contribution in [0.1, 0.15) is 25.7 Å². The van der Waals surface area contributed by atoms with E-state index in [9.17, 15) is 5.11 Å². The largest absolute Gasteiger partial charge is 0.391 e. The normalized spacial score (nSPS) is 25.4. The van der Waals surface area contributed by atoms with Crippen LogP contribution >= 0.6 is 23.2 Å². The molecule has 1 heterocycles. The lowest BCUT2D eigenvalue weighted by Crippen LogP contribution is -2.36. The smallest absolute Gasteiger partial charge is 0.224 e. The number of hydrogen-bond acceptors (Lipinski definition) is 4. The van der Waals surface area contributed by atoms with E-state index in [1.54, 1.807) is 0 Å². The van der Waals surface area contributed by atoms with E-state index in [0.29, 0.717) is 10.8 Å². The summed E-state index contributed by atoms with van der Waals surface area (Å²) in [7, 11) is 0. The molecule has 1 aromatic heterocycles. The first-order valence-corrected chi connectivity index (χ1v) is 6.05. The Morgan fingerprint density at radius 1 is 1.31 bits per heavy atom. The number of halogens is 2. The molecule has 1 fully saturated rings. The van der Waals surface area contributed by atoms with Crippen LogP contribution in [-0.2, 0) is 0 Å². The summed E-state index contributed by atoms with van der Waals surface area (Å²) in [6.45, 7) is 0. The van der Waals surface area contributed by atoms with Gasteiger partial charge in [-0.15, -0.1) is 0 Å². The summed E-state index contributed by atoms with van der Waals surface area (Å²) < 4.78 is 0. The van der Waals surface area contributed by atoms with Gasteiger partial charge in [-0.1, -0.05) is 24.4 Å². The molecule has 1 aliphatic rings. The van der Waals surface area contributed by atoms with Crippen molar-refractivity contribution < 1.29 is 5.11 Å². The van der Waals surface area contributed by atoms with Crippen molar-refractivity contribution in [3.8, 4) is 0 Å². The maximum atomic E-state index is 9.81. The number of nitrogens with one attached hydrogen (secondary N) is 1. The highest BCUT2D eigenvalue weighted by Gasteiger charge is 2.23. The average molecular weight is 262 g/mol. The van der Waals surface area contributed by atoms with E-state index in [2.05, 4.69) is 15.3 Å². The summed E-state index contributed by atoms with van der Waals surface area (Å²) in [6, 6.07) is -0.00258. The van der Waals surface area contributed by atoms with Crippen LogP contribution < -0.4 is 5.32 Å². The maximum Gasteiger partial charge on any atom is 0.224 e. The van der Waals surface area contributed by atoms with E-state index in [0.717, 1.165) is 25.7 Å². The molecule has 0 saturated heterocycles. The van der Waals surface area contributed by atoms with Crippen LogP contribution in [0.5, 0.6) is 0 Å². The van der Waals surface area contributed by atoms with E-state index in [4.69, 9.17) is 23.2 Å². The van der Waals surface area contributed by atoms with E-state index < -0.39 is 0 Å². The molecule has 0 aliphatic heterocycles. The summed E-state index contributed by atoms with van der Waals surface area (Å²) >= 11 is 11.6. The van der Waals surface area contributed by atoms with E-state index in [1.807, 2.05) is 0 Å². The van der Waals surface area contributed by atoms with E-state index >= 15 is 0 Å². The molecule has 88 valence electrons. The lowest BCUT2D eigenvalue weighted by Gasteiger charge is -2.28. The molecule has 2 N–H and O–H groups in total. The fourth-order valence-electron chi connectivity index (χ4n) is 1.90. The van der Waals surface area contributed by atoms with Crippen molar-refractivity contribution in [3.63, 3.8) is 0 Å². The summed E-state index contributed by atoms with van der Waals surface area (Å²) in [6.07, 6.45) is 5.00. The molecule has 1 aliphatic carbocycles. The summed E-state index contributed by atoms with van der Waals surface area (Å²) in [5, 5.41) is 13.5. The fourth-order valence-corrected chi connectivity index (χ4v) is 2.18. The summed E-state index contributed by atoms with van der Waals surface area (Å²) in [5.74, 6) is 0.493. The molecule has 0 spiro atoms. The minimum atomic E-state index is -0.349. The monoisotopic (exact) mass is 261 g/mol. The van der Waals surface area contributed by atoms with Crippen LogP contribution in [0, 0.1) is 0 Å². The van der Waals surface area contributed by atoms with Crippen molar-refractivity contribution in [1.29, 1.82) is 0 Å². The van der Waals surface area contributed by atoms with Gasteiger partial charge in [0.1, 0.15) is 10.8 Å². The summed E-state index contributed by atoms with van der Waals surface area (Å²) in [5.41, 5.74) is 0. The second kappa shape index (κ2) is 5.17. The van der Waals surface area contributed by atoms with Crippen molar-refractivity contribution in [2.45, 2.75) is 37.8 Å². The van der Waals surface area contributed by atoms with Crippen LogP contribution in [0.15, 0.2) is 6.20 Å². The Morgan fingerprint density at radius 3 is 2.81 bits per heavy atom. The zero-order chi connectivity index (χ0) is 11.5. The molecule has 0 bridgehead atoms. The Balaban J connectivity index is 2.10. The first kappa shape index (κ1) is 11.9. The topological polar surface area (TPSA) is 58.0 Å². The highest BCUT2D eigenvalue weighted by atomic mass is 35.5. The molecule has 2 atom stereocenters. The van der Waals surface area contributed by atoms with Gasteiger partial charge in [0.05, 0.1) is 18.3 Å². The number of hydrogen-bond donors (Lipinski definition) is 2. The van der Waals surface area contributed by atoms with Gasteiger partial charge >= 0.3 is 0 Å². The first-order valence-electron chi connectivity index (χ1n) is 5.29.